The fourth-order valence-corrected chi connectivity index (χ4v) is 8.41. The fourth-order valence-electron chi connectivity index (χ4n) is 8.41. The highest BCUT2D eigenvalue weighted by Crippen LogP contribution is 2.16. The molecule has 0 aromatic rings. The van der Waals surface area contributed by atoms with Gasteiger partial charge in [-0.15, -0.1) is 0 Å². The molecule has 0 aliphatic carbocycles. The molecule has 404 valence electrons. The number of ether oxygens (including phenoxy) is 3. The first-order valence-electron chi connectivity index (χ1n) is 29.9. The molecule has 6 heteroatoms. The summed E-state index contributed by atoms with van der Waals surface area (Å²) in [4.78, 5) is 38.2. The average Bonchev–Trinajstić information content (AvgIpc) is 3.36. The van der Waals surface area contributed by atoms with Crippen LogP contribution < -0.4 is 0 Å². The third-order valence-corrected chi connectivity index (χ3v) is 12.9. The SMILES string of the molecule is CC/C=C\C/C=C\C/C=C\CCCCCCCC(=O)OC(COC(=O)CCCCCCC/C=C\C/C=C\CCCC)COC(=O)CCCCCCCCCCCCC/C=C\CCCCCCCCCC. The number of allylic oxidation sites excluding steroid dienone is 12. The average molecular weight is 978 g/mol. The van der Waals surface area contributed by atoms with E-state index in [9.17, 15) is 14.4 Å². The van der Waals surface area contributed by atoms with Crippen molar-refractivity contribution in [1.29, 1.82) is 0 Å². The molecule has 0 saturated carbocycles. The van der Waals surface area contributed by atoms with Crippen molar-refractivity contribution in [2.45, 2.75) is 303 Å². The molecule has 0 heterocycles. The summed E-state index contributed by atoms with van der Waals surface area (Å²) in [6.45, 7) is 6.48. The molecule has 1 atom stereocenters. The highest BCUT2D eigenvalue weighted by atomic mass is 16.6. The number of unbranched alkanes of at least 4 members (excludes halogenated alkanes) is 31. The van der Waals surface area contributed by atoms with Crippen LogP contribution in [0.5, 0.6) is 0 Å². The normalized spacial score (nSPS) is 12.6. The highest BCUT2D eigenvalue weighted by Gasteiger charge is 2.19. The lowest BCUT2D eigenvalue weighted by molar-refractivity contribution is -0.167. The fraction of sp³-hybridized carbons (Fsp3) is 0.766. The van der Waals surface area contributed by atoms with Crippen molar-refractivity contribution in [1.82, 2.24) is 0 Å². The third kappa shape index (κ3) is 55.8. The van der Waals surface area contributed by atoms with Crippen LogP contribution >= 0.6 is 0 Å². The summed E-state index contributed by atoms with van der Waals surface area (Å²) in [5.74, 6) is -0.910. The summed E-state index contributed by atoms with van der Waals surface area (Å²) >= 11 is 0. The van der Waals surface area contributed by atoms with Crippen molar-refractivity contribution in [3.8, 4) is 0 Å². The highest BCUT2D eigenvalue weighted by molar-refractivity contribution is 5.71. The Hall–Kier alpha value is -3.15. The van der Waals surface area contributed by atoms with Crippen molar-refractivity contribution >= 4 is 17.9 Å². The van der Waals surface area contributed by atoms with E-state index in [0.29, 0.717) is 19.3 Å². The Labute approximate surface area is 433 Å². The smallest absolute Gasteiger partial charge is 0.306 e. The molecule has 0 aliphatic heterocycles. The first-order chi connectivity index (χ1) is 34.5. The summed E-state index contributed by atoms with van der Waals surface area (Å²) < 4.78 is 16.9. The Morgan fingerprint density at radius 1 is 0.300 bits per heavy atom. The van der Waals surface area contributed by atoms with Gasteiger partial charge in [0.05, 0.1) is 0 Å². The Morgan fingerprint density at radius 2 is 0.571 bits per heavy atom. The van der Waals surface area contributed by atoms with Crippen LogP contribution in [0.4, 0.5) is 0 Å². The van der Waals surface area contributed by atoms with E-state index in [1.165, 1.54) is 135 Å². The molecule has 0 radical (unpaired) electrons. The van der Waals surface area contributed by atoms with E-state index in [1.807, 2.05) is 0 Å². The van der Waals surface area contributed by atoms with Crippen molar-refractivity contribution in [2.24, 2.45) is 0 Å². The van der Waals surface area contributed by atoms with Crippen LogP contribution in [0.25, 0.3) is 0 Å². The van der Waals surface area contributed by atoms with Crippen molar-refractivity contribution in [3.63, 3.8) is 0 Å². The van der Waals surface area contributed by atoms with E-state index in [0.717, 1.165) is 122 Å². The number of rotatable bonds is 54. The lowest BCUT2D eigenvalue weighted by atomic mass is 10.0. The van der Waals surface area contributed by atoms with Gasteiger partial charge in [-0.2, -0.15) is 0 Å². The number of carbonyl (C=O) groups excluding carboxylic acids is 3. The Bertz CT molecular complexity index is 1310. The quantitative estimate of drug-likeness (QED) is 0.0261. The van der Waals surface area contributed by atoms with Gasteiger partial charge in [0.2, 0.25) is 0 Å². The zero-order valence-corrected chi connectivity index (χ0v) is 46.3. The Balaban J connectivity index is 4.33. The second-order valence-corrected chi connectivity index (χ2v) is 19.9. The molecule has 6 nitrogen and oxygen atoms in total. The van der Waals surface area contributed by atoms with Crippen molar-refractivity contribution in [2.75, 3.05) is 13.2 Å². The Morgan fingerprint density at radius 3 is 0.929 bits per heavy atom. The van der Waals surface area contributed by atoms with Gasteiger partial charge in [-0.3, -0.25) is 14.4 Å². The molecule has 0 N–H and O–H groups in total. The molecule has 0 fully saturated rings. The van der Waals surface area contributed by atoms with E-state index >= 15 is 0 Å². The van der Waals surface area contributed by atoms with Crippen LogP contribution in [0.3, 0.4) is 0 Å². The predicted molar refractivity (Wildman–Crippen MR) is 302 cm³/mol. The number of hydrogen-bond acceptors (Lipinski definition) is 6. The van der Waals surface area contributed by atoms with Gasteiger partial charge in [-0.25, -0.2) is 0 Å². The largest absolute Gasteiger partial charge is 0.462 e. The second-order valence-electron chi connectivity index (χ2n) is 19.9. The van der Waals surface area contributed by atoms with Gasteiger partial charge in [-0.05, 0) is 103 Å². The van der Waals surface area contributed by atoms with E-state index in [1.54, 1.807) is 0 Å². The topological polar surface area (TPSA) is 78.9 Å². The van der Waals surface area contributed by atoms with E-state index < -0.39 is 6.10 Å². The minimum absolute atomic E-state index is 0.0866. The van der Waals surface area contributed by atoms with Crippen LogP contribution in [-0.2, 0) is 28.6 Å². The second kappa shape index (κ2) is 58.4. The van der Waals surface area contributed by atoms with Gasteiger partial charge in [0.1, 0.15) is 13.2 Å². The maximum atomic E-state index is 12.8. The standard InChI is InChI=1S/C64H112O6/c1-4-7-10-13-16-19-22-25-28-29-30-31-32-33-34-35-37-39-42-45-48-51-54-57-63(66)69-60-61(59-68-62(65)56-53-50-47-44-41-38-27-24-21-18-15-12-9-6-3)70-64(67)58-55-52-49-46-43-40-36-26-23-20-17-14-11-8-5-2/h8,11,15,17-18,20,24,26-27,29-30,36,61H,4-7,9-10,12-14,16,19,21-23,25,28,31-35,37-60H2,1-3H3/b11-8-,18-15-,20-17-,27-24-,30-29-,36-26-. The number of esters is 3. The van der Waals surface area contributed by atoms with E-state index in [2.05, 4.69) is 93.7 Å². The van der Waals surface area contributed by atoms with Gasteiger partial charge in [0.25, 0.3) is 0 Å². The molecule has 0 spiro atoms. The van der Waals surface area contributed by atoms with Gasteiger partial charge < -0.3 is 14.2 Å². The van der Waals surface area contributed by atoms with Crippen LogP contribution in [0.2, 0.25) is 0 Å². The van der Waals surface area contributed by atoms with Gasteiger partial charge in [-0.1, -0.05) is 248 Å². The van der Waals surface area contributed by atoms with E-state index in [-0.39, 0.29) is 31.1 Å². The summed E-state index contributed by atoms with van der Waals surface area (Å²) in [6.07, 6.45) is 74.7. The van der Waals surface area contributed by atoms with Crippen molar-refractivity contribution in [3.05, 3.63) is 72.9 Å². The minimum atomic E-state index is -0.791. The molecule has 0 aliphatic rings. The molecule has 70 heavy (non-hydrogen) atoms. The molecular weight excluding hydrogens is 865 g/mol. The van der Waals surface area contributed by atoms with Crippen molar-refractivity contribution < 1.29 is 28.6 Å². The van der Waals surface area contributed by atoms with Crippen LogP contribution in [-0.4, -0.2) is 37.2 Å². The summed E-state index contributed by atoms with van der Waals surface area (Å²) in [6, 6.07) is 0. The third-order valence-electron chi connectivity index (χ3n) is 12.9. The minimum Gasteiger partial charge on any atom is -0.462 e. The van der Waals surface area contributed by atoms with Gasteiger partial charge in [0, 0.05) is 19.3 Å². The molecule has 0 bridgehead atoms. The number of carbonyl (C=O) groups is 3. The Kier molecular flexibility index (Phi) is 55.8. The zero-order chi connectivity index (χ0) is 50.7. The van der Waals surface area contributed by atoms with Crippen LogP contribution in [0.1, 0.15) is 297 Å². The van der Waals surface area contributed by atoms with Gasteiger partial charge >= 0.3 is 17.9 Å². The number of hydrogen-bond donors (Lipinski definition) is 0. The predicted octanol–water partition coefficient (Wildman–Crippen LogP) is 20.2. The lowest BCUT2D eigenvalue weighted by Crippen LogP contribution is -2.30. The molecule has 0 aromatic carbocycles. The molecule has 0 aromatic heterocycles. The molecule has 0 saturated heterocycles. The maximum Gasteiger partial charge on any atom is 0.306 e. The first-order valence-corrected chi connectivity index (χ1v) is 29.9. The monoisotopic (exact) mass is 977 g/mol. The molecular formula is C64H112O6. The molecule has 0 amide bonds. The van der Waals surface area contributed by atoms with Crippen LogP contribution in [0.15, 0.2) is 72.9 Å². The summed E-state index contributed by atoms with van der Waals surface area (Å²) in [5, 5.41) is 0. The summed E-state index contributed by atoms with van der Waals surface area (Å²) in [7, 11) is 0. The zero-order valence-electron chi connectivity index (χ0n) is 46.3. The summed E-state index contributed by atoms with van der Waals surface area (Å²) in [5.41, 5.74) is 0. The van der Waals surface area contributed by atoms with Crippen LogP contribution in [0, 0.1) is 0 Å². The maximum absolute atomic E-state index is 12.8. The molecule has 0 rings (SSSR count). The van der Waals surface area contributed by atoms with Gasteiger partial charge in [0.15, 0.2) is 6.10 Å². The molecule has 1 unspecified atom stereocenters. The first kappa shape index (κ1) is 66.9. The lowest BCUT2D eigenvalue weighted by Gasteiger charge is -2.18. The van der Waals surface area contributed by atoms with E-state index in [4.69, 9.17) is 14.2 Å².